The molecule has 0 bridgehead atoms. The second-order valence-corrected chi connectivity index (χ2v) is 2.49. The van der Waals surface area contributed by atoms with Crippen LogP contribution in [0.25, 0.3) is 0 Å². The Morgan fingerprint density at radius 3 is 2.92 bits per heavy atom. The molecule has 1 aliphatic rings. The molecule has 7 heteroatoms. The summed E-state index contributed by atoms with van der Waals surface area (Å²) in [7, 11) is 0. The van der Waals surface area contributed by atoms with Crippen LogP contribution in [0.1, 0.15) is 0 Å². The lowest BCUT2D eigenvalue weighted by Crippen LogP contribution is -2.41. The fourth-order valence-corrected chi connectivity index (χ4v) is 1.04. The number of nitrogens with zero attached hydrogens (tertiary/aromatic N) is 3. The Hall–Kier alpha value is -1.63. The van der Waals surface area contributed by atoms with Crippen molar-refractivity contribution in [1.82, 2.24) is 9.97 Å². The van der Waals surface area contributed by atoms with Crippen molar-refractivity contribution in [3.05, 3.63) is 21.2 Å². The van der Waals surface area contributed by atoms with Gasteiger partial charge in [-0.05, 0) is 12.2 Å². The Bertz CT molecular complexity index is 530. The van der Waals surface area contributed by atoms with Crippen molar-refractivity contribution in [1.29, 1.82) is 0 Å². The average Bonchev–Trinajstić information content (AvgIpc) is 2.29. The molecule has 0 unspecified atom stereocenters. The highest BCUT2D eigenvalue weighted by molar-refractivity contribution is 7.80. The van der Waals surface area contributed by atoms with Gasteiger partial charge in [-0.1, -0.05) is 0 Å². The van der Waals surface area contributed by atoms with Crippen LogP contribution in [0.3, 0.4) is 0 Å². The van der Waals surface area contributed by atoms with Crippen LogP contribution in [0, 0.1) is 0 Å². The number of aromatic amines is 1. The van der Waals surface area contributed by atoms with Crippen LogP contribution in [0.5, 0.6) is 0 Å². The minimum Gasteiger partial charge on any atom is -0.369 e. The van der Waals surface area contributed by atoms with E-state index in [9.17, 15) is 4.79 Å². The molecule has 0 spiro atoms. The molecule has 0 radical (unpaired) electrons. The van der Waals surface area contributed by atoms with Gasteiger partial charge in [-0.3, -0.25) is 9.78 Å². The van der Waals surface area contributed by atoms with E-state index in [1.165, 1.54) is 0 Å². The molecule has 0 atom stereocenters. The van der Waals surface area contributed by atoms with Crippen LogP contribution in [-0.2, 0) is 0 Å². The normalized spacial score (nSPS) is 13.5. The summed E-state index contributed by atoms with van der Waals surface area (Å²) in [6.45, 7) is 0. The van der Waals surface area contributed by atoms with Crippen LogP contribution in [-0.4, -0.2) is 15.1 Å². The van der Waals surface area contributed by atoms with Crippen LogP contribution < -0.4 is 22.1 Å². The van der Waals surface area contributed by atoms with Gasteiger partial charge in [-0.15, -0.1) is 0 Å². The third kappa shape index (κ3) is 0.909. The standard InChI is InChI=1S/C5H3N5OS/c6-4-8-2-1(3(11)10-4)7-5(12)9-2/h(H3,6,8,9,10,11,12). The first kappa shape index (κ1) is 7.04. The zero-order chi connectivity index (χ0) is 8.72. The second-order valence-electron chi connectivity index (χ2n) is 2.13. The summed E-state index contributed by atoms with van der Waals surface area (Å²) in [4.78, 5) is 24.5. The van der Waals surface area contributed by atoms with E-state index in [0.29, 0.717) is 0 Å². The van der Waals surface area contributed by atoms with Crippen LogP contribution in [0.2, 0.25) is 0 Å². The number of hydrogen-bond donors (Lipinski definition) is 2. The maximum absolute atomic E-state index is 11.1. The van der Waals surface area contributed by atoms with E-state index in [4.69, 9.17) is 5.73 Å². The fourth-order valence-electron chi connectivity index (χ4n) is 0.862. The Morgan fingerprint density at radius 1 is 1.42 bits per heavy atom. The highest BCUT2D eigenvalue weighted by atomic mass is 32.1. The van der Waals surface area contributed by atoms with Gasteiger partial charge in [0.05, 0.1) is 0 Å². The van der Waals surface area contributed by atoms with Gasteiger partial charge in [0.2, 0.25) is 11.1 Å². The fraction of sp³-hybridized carbons (Fsp3) is 0. The number of fused-ring (bicyclic) bond motifs is 1. The number of nitrogens with one attached hydrogen (secondary N) is 1. The number of anilines is 1. The molecular formula is C5H3N5OS. The minimum absolute atomic E-state index is 0.0161. The zero-order valence-corrected chi connectivity index (χ0v) is 6.55. The zero-order valence-electron chi connectivity index (χ0n) is 5.74. The molecule has 6 nitrogen and oxygen atoms in total. The van der Waals surface area contributed by atoms with E-state index < -0.39 is 5.56 Å². The molecule has 60 valence electrons. The van der Waals surface area contributed by atoms with Gasteiger partial charge in [0.15, 0.2) is 10.8 Å². The number of nitrogens with two attached hydrogens (primary N) is 1. The molecule has 3 N–H and O–H groups in total. The summed E-state index contributed by atoms with van der Waals surface area (Å²) >= 11 is 4.66. The quantitative estimate of drug-likeness (QED) is 0.447. The van der Waals surface area contributed by atoms with Crippen molar-refractivity contribution >= 4 is 23.3 Å². The number of H-pyrrole nitrogens is 1. The number of nitrogen functional groups attached to an aromatic ring is 1. The van der Waals surface area contributed by atoms with Gasteiger partial charge in [-0.2, -0.15) is 9.98 Å². The molecule has 0 saturated carbocycles. The maximum Gasteiger partial charge on any atom is 0.280 e. The number of aromatic nitrogens is 2. The van der Waals surface area contributed by atoms with E-state index in [2.05, 4.69) is 32.2 Å². The summed E-state index contributed by atoms with van der Waals surface area (Å²) in [5, 5.41) is 0.239. The molecule has 12 heavy (non-hydrogen) atoms. The highest BCUT2D eigenvalue weighted by Gasteiger charge is 2.06. The highest BCUT2D eigenvalue weighted by Crippen LogP contribution is 1.82. The Labute approximate surface area is 70.9 Å². The summed E-state index contributed by atoms with van der Waals surface area (Å²) in [6.07, 6.45) is 0. The van der Waals surface area contributed by atoms with E-state index in [1.807, 2.05) is 0 Å². The molecule has 1 aromatic heterocycles. The lowest BCUT2D eigenvalue weighted by Gasteiger charge is -1.86. The predicted octanol–water partition coefficient (Wildman–Crippen LogP) is -2.11. The van der Waals surface area contributed by atoms with E-state index in [1.54, 1.807) is 0 Å². The summed E-state index contributed by atoms with van der Waals surface area (Å²) in [5.41, 5.74) is 5.05. The summed E-state index contributed by atoms with van der Waals surface area (Å²) < 4.78 is 0. The summed E-state index contributed by atoms with van der Waals surface area (Å²) in [6, 6.07) is 0. The Balaban J connectivity index is 3.05. The second kappa shape index (κ2) is 2.18. The van der Waals surface area contributed by atoms with Crippen molar-refractivity contribution < 1.29 is 0 Å². The third-order valence-electron chi connectivity index (χ3n) is 1.30. The van der Waals surface area contributed by atoms with E-state index in [0.717, 1.165) is 0 Å². The molecule has 2 rings (SSSR count). The monoisotopic (exact) mass is 181 g/mol. The smallest absolute Gasteiger partial charge is 0.280 e. The van der Waals surface area contributed by atoms with E-state index in [-0.39, 0.29) is 21.9 Å². The Morgan fingerprint density at radius 2 is 2.17 bits per heavy atom. The van der Waals surface area contributed by atoms with Crippen molar-refractivity contribution in [3.63, 3.8) is 0 Å². The van der Waals surface area contributed by atoms with E-state index >= 15 is 0 Å². The molecule has 2 heterocycles. The first-order valence-corrected chi connectivity index (χ1v) is 3.45. The van der Waals surface area contributed by atoms with Gasteiger partial charge in [0.25, 0.3) is 5.56 Å². The predicted molar refractivity (Wildman–Crippen MR) is 44.2 cm³/mol. The van der Waals surface area contributed by atoms with Crippen molar-refractivity contribution in [2.45, 2.75) is 0 Å². The lowest BCUT2D eigenvalue weighted by atomic mass is 10.6. The van der Waals surface area contributed by atoms with Crippen molar-refractivity contribution in [3.8, 4) is 0 Å². The molecule has 1 aliphatic heterocycles. The largest absolute Gasteiger partial charge is 0.369 e. The lowest BCUT2D eigenvalue weighted by molar-refractivity contribution is 1.03. The summed E-state index contributed by atoms with van der Waals surface area (Å²) in [5.74, 6) is 0.0161. The molecule has 1 aromatic rings. The van der Waals surface area contributed by atoms with Crippen molar-refractivity contribution in [2.75, 3.05) is 5.73 Å². The van der Waals surface area contributed by atoms with Gasteiger partial charge < -0.3 is 5.73 Å². The topological polar surface area (TPSA) is 96.5 Å². The van der Waals surface area contributed by atoms with Gasteiger partial charge in [-0.25, -0.2) is 4.99 Å². The van der Waals surface area contributed by atoms with Crippen LogP contribution >= 0.6 is 12.2 Å². The van der Waals surface area contributed by atoms with Crippen molar-refractivity contribution in [2.24, 2.45) is 9.98 Å². The number of rotatable bonds is 0. The SMILES string of the molecule is Nc1nc2c(c(=O)[nH]1)=NC(=S)N=2. The van der Waals surface area contributed by atoms with Crippen LogP contribution in [0.15, 0.2) is 14.8 Å². The van der Waals surface area contributed by atoms with Gasteiger partial charge >= 0.3 is 0 Å². The Kier molecular flexibility index (Phi) is 1.28. The first-order valence-electron chi connectivity index (χ1n) is 3.04. The molecular weight excluding hydrogens is 178 g/mol. The first-order chi connectivity index (χ1) is 5.66. The molecule has 0 saturated heterocycles. The van der Waals surface area contributed by atoms with Crippen LogP contribution in [0.4, 0.5) is 5.95 Å². The van der Waals surface area contributed by atoms with Gasteiger partial charge in [0, 0.05) is 0 Å². The number of hydrogen-bond acceptors (Lipinski definition) is 4. The molecule has 0 fully saturated rings. The molecule has 0 aromatic carbocycles. The number of thiocarbonyl (C=S) groups is 1. The third-order valence-corrected chi connectivity index (χ3v) is 1.49. The molecule has 0 aliphatic carbocycles. The average molecular weight is 181 g/mol. The molecule has 0 amide bonds. The maximum atomic E-state index is 11.1. The van der Waals surface area contributed by atoms with Gasteiger partial charge in [0.1, 0.15) is 0 Å². The minimum atomic E-state index is -0.416.